The van der Waals surface area contributed by atoms with Gasteiger partial charge in [0.1, 0.15) is 0 Å². The monoisotopic (exact) mass is 385 g/mol. The Morgan fingerprint density at radius 2 is 1.52 bits per heavy atom. The molecule has 4 aromatic rings. The van der Waals surface area contributed by atoms with Crippen LogP contribution in [-0.4, -0.2) is 19.2 Å². The van der Waals surface area contributed by atoms with Gasteiger partial charge in [-0.3, -0.25) is 0 Å². The highest BCUT2D eigenvalue weighted by atomic mass is 32.2. The number of oxazole rings is 1. The predicted molar refractivity (Wildman–Crippen MR) is 98.1 cm³/mol. The van der Waals surface area contributed by atoms with Gasteiger partial charge in [-0.05, 0) is 41.1 Å². The van der Waals surface area contributed by atoms with Gasteiger partial charge in [0.25, 0.3) is 0 Å². The number of halogens is 2. The van der Waals surface area contributed by atoms with Crippen molar-refractivity contribution in [1.82, 2.24) is 4.98 Å². The molecule has 27 heavy (non-hydrogen) atoms. The van der Waals surface area contributed by atoms with Gasteiger partial charge in [0.05, 0.1) is 11.1 Å². The van der Waals surface area contributed by atoms with Gasteiger partial charge in [0, 0.05) is 11.1 Å². The van der Waals surface area contributed by atoms with Gasteiger partial charge in [0.15, 0.2) is 5.76 Å². The maximum atomic E-state index is 12.6. The first-order chi connectivity index (χ1) is 12.9. The third-order valence-corrected chi connectivity index (χ3v) is 5.60. The zero-order valence-electron chi connectivity index (χ0n) is 13.8. The van der Waals surface area contributed by atoms with Gasteiger partial charge in [-0.25, -0.2) is 13.4 Å². The Kier molecular flexibility index (Phi) is 4.24. The minimum atomic E-state index is -4.62. The number of benzene rings is 3. The number of hydrogen-bond acceptors (Lipinski definition) is 4. The van der Waals surface area contributed by atoms with E-state index < -0.39 is 20.5 Å². The fourth-order valence-electron chi connectivity index (χ4n) is 2.77. The van der Waals surface area contributed by atoms with Crippen LogP contribution in [-0.2, 0) is 9.84 Å². The number of fused-ring (bicyclic) bond motifs is 1. The highest BCUT2D eigenvalue weighted by Crippen LogP contribution is 2.29. The van der Waals surface area contributed by atoms with Gasteiger partial charge in [-0.1, -0.05) is 36.4 Å². The summed E-state index contributed by atoms with van der Waals surface area (Å²) in [7, 11) is -4.62. The number of aromatic nitrogens is 1. The SMILES string of the molecule is O=S(=O)(c1ccc(-c2ncc(-c3ccc4ccccc4c3)o2)cc1)C(F)F. The molecule has 136 valence electrons. The largest absolute Gasteiger partial charge is 0.436 e. The van der Waals surface area contributed by atoms with Crippen molar-refractivity contribution in [2.75, 3.05) is 0 Å². The summed E-state index contributed by atoms with van der Waals surface area (Å²) in [6.07, 6.45) is 1.57. The van der Waals surface area contributed by atoms with Crippen LogP contribution in [0.1, 0.15) is 0 Å². The van der Waals surface area contributed by atoms with Crippen molar-refractivity contribution in [2.45, 2.75) is 10.7 Å². The van der Waals surface area contributed by atoms with Crippen molar-refractivity contribution in [3.63, 3.8) is 0 Å². The first-order valence-electron chi connectivity index (χ1n) is 8.03. The quantitative estimate of drug-likeness (QED) is 0.487. The van der Waals surface area contributed by atoms with E-state index in [0.717, 1.165) is 28.5 Å². The summed E-state index contributed by atoms with van der Waals surface area (Å²) in [6.45, 7) is 0. The smallest absolute Gasteiger partial charge is 0.341 e. The van der Waals surface area contributed by atoms with Crippen LogP contribution in [0.3, 0.4) is 0 Å². The molecule has 0 unspecified atom stereocenters. The molecule has 0 N–H and O–H groups in total. The number of rotatable bonds is 4. The van der Waals surface area contributed by atoms with Gasteiger partial charge in [-0.2, -0.15) is 8.78 Å². The molecule has 0 radical (unpaired) electrons. The Labute approximate surface area is 154 Å². The van der Waals surface area contributed by atoms with Crippen molar-refractivity contribution < 1.29 is 21.6 Å². The molecule has 0 aliphatic carbocycles. The molecule has 4 nitrogen and oxygen atoms in total. The first kappa shape index (κ1) is 17.4. The molecule has 1 aromatic heterocycles. The Bertz CT molecular complexity index is 1220. The summed E-state index contributed by atoms with van der Waals surface area (Å²) in [5, 5.41) is 2.17. The van der Waals surface area contributed by atoms with Gasteiger partial charge < -0.3 is 4.42 Å². The van der Waals surface area contributed by atoms with Crippen molar-refractivity contribution >= 4 is 20.6 Å². The fourth-order valence-corrected chi connectivity index (χ4v) is 3.49. The van der Waals surface area contributed by atoms with Crippen LogP contribution in [0.4, 0.5) is 8.78 Å². The number of alkyl halides is 2. The minimum absolute atomic E-state index is 0.277. The molecular weight excluding hydrogens is 372 g/mol. The Hall–Kier alpha value is -3.06. The van der Waals surface area contributed by atoms with E-state index in [2.05, 4.69) is 4.98 Å². The average molecular weight is 385 g/mol. The summed E-state index contributed by atoms with van der Waals surface area (Å²) in [5.41, 5.74) is 1.35. The summed E-state index contributed by atoms with van der Waals surface area (Å²) < 4.78 is 54.0. The topological polar surface area (TPSA) is 60.2 Å². The van der Waals surface area contributed by atoms with Crippen molar-refractivity contribution in [3.05, 3.63) is 72.9 Å². The molecule has 4 rings (SSSR count). The lowest BCUT2D eigenvalue weighted by molar-refractivity contribution is 0.234. The van der Waals surface area contributed by atoms with E-state index in [-0.39, 0.29) is 5.89 Å². The van der Waals surface area contributed by atoms with E-state index in [4.69, 9.17) is 4.42 Å². The van der Waals surface area contributed by atoms with Crippen LogP contribution >= 0.6 is 0 Å². The van der Waals surface area contributed by atoms with Crippen LogP contribution in [0.15, 0.2) is 82.2 Å². The van der Waals surface area contributed by atoms with Gasteiger partial charge >= 0.3 is 5.76 Å². The van der Waals surface area contributed by atoms with E-state index in [9.17, 15) is 17.2 Å². The second kappa shape index (κ2) is 6.59. The van der Waals surface area contributed by atoms with Gasteiger partial charge in [-0.15, -0.1) is 0 Å². The highest BCUT2D eigenvalue weighted by Gasteiger charge is 2.26. The summed E-state index contributed by atoms with van der Waals surface area (Å²) in [5.74, 6) is -2.62. The molecule has 0 saturated carbocycles. The zero-order valence-corrected chi connectivity index (χ0v) is 14.7. The lowest BCUT2D eigenvalue weighted by Crippen LogP contribution is -2.11. The van der Waals surface area contributed by atoms with Crippen molar-refractivity contribution in [2.24, 2.45) is 0 Å². The fraction of sp³-hybridized carbons (Fsp3) is 0.0500. The van der Waals surface area contributed by atoms with E-state index in [1.165, 1.54) is 12.1 Å². The van der Waals surface area contributed by atoms with Crippen LogP contribution in [0, 0.1) is 0 Å². The van der Waals surface area contributed by atoms with Crippen LogP contribution in [0.5, 0.6) is 0 Å². The minimum Gasteiger partial charge on any atom is -0.436 e. The lowest BCUT2D eigenvalue weighted by atomic mass is 10.1. The molecule has 1 heterocycles. The molecule has 0 bridgehead atoms. The maximum Gasteiger partial charge on any atom is 0.341 e. The molecule has 0 aliphatic rings. The second-order valence-electron chi connectivity index (χ2n) is 5.92. The Balaban J connectivity index is 1.66. The first-order valence-corrected chi connectivity index (χ1v) is 9.57. The van der Waals surface area contributed by atoms with Crippen LogP contribution in [0.2, 0.25) is 0 Å². The standard InChI is InChI=1S/C20H13F2NO3S/c21-20(22)27(24,25)17-9-7-14(8-10-17)19-23-12-18(26-19)16-6-5-13-3-1-2-4-15(13)11-16/h1-12,20H. The molecule has 0 fully saturated rings. The van der Waals surface area contributed by atoms with Gasteiger partial charge in [0.2, 0.25) is 15.7 Å². The third-order valence-electron chi connectivity index (χ3n) is 4.20. The number of nitrogens with zero attached hydrogens (tertiary/aromatic N) is 1. The van der Waals surface area contributed by atoms with E-state index in [1.807, 2.05) is 42.5 Å². The highest BCUT2D eigenvalue weighted by molar-refractivity contribution is 7.91. The van der Waals surface area contributed by atoms with Crippen LogP contribution < -0.4 is 0 Å². The predicted octanol–water partition coefficient (Wildman–Crippen LogP) is 5.16. The molecule has 0 aliphatic heterocycles. The zero-order chi connectivity index (χ0) is 19.0. The van der Waals surface area contributed by atoms with E-state index >= 15 is 0 Å². The van der Waals surface area contributed by atoms with E-state index in [1.54, 1.807) is 6.20 Å². The van der Waals surface area contributed by atoms with E-state index in [0.29, 0.717) is 11.3 Å². The molecule has 3 aromatic carbocycles. The van der Waals surface area contributed by atoms with Crippen LogP contribution in [0.25, 0.3) is 33.6 Å². The number of sulfone groups is 1. The second-order valence-corrected chi connectivity index (χ2v) is 7.84. The van der Waals surface area contributed by atoms with Crippen molar-refractivity contribution in [3.8, 4) is 22.8 Å². The number of hydrogen-bond donors (Lipinski definition) is 0. The molecule has 0 saturated heterocycles. The molecule has 0 atom stereocenters. The maximum absolute atomic E-state index is 12.6. The molecule has 7 heteroatoms. The molecule has 0 spiro atoms. The summed E-state index contributed by atoms with van der Waals surface area (Å²) in [4.78, 5) is 3.76. The normalized spacial score (nSPS) is 12.0. The molecular formula is C20H13F2NO3S. The summed E-state index contributed by atoms with van der Waals surface area (Å²) >= 11 is 0. The average Bonchev–Trinajstić information content (AvgIpc) is 3.18. The summed E-state index contributed by atoms with van der Waals surface area (Å²) in [6, 6.07) is 18.8. The molecule has 0 amide bonds. The Morgan fingerprint density at radius 1 is 0.852 bits per heavy atom. The van der Waals surface area contributed by atoms with Crippen molar-refractivity contribution in [1.29, 1.82) is 0 Å². The lowest BCUT2D eigenvalue weighted by Gasteiger charge is -2.03. The Morgan fingerprint density at radius 3 is 2.22 bits per heavy atom. The third kappa shape index (κ3) is 3.21.